The molecule has 23 heavy (non-hydrogen) atoms. The molecule has 2 rings (SSSR count). The third-order valence-corrected chi connectivity index (χ3v) is 3.03. The molecule has 0 unspecified atom stereocenters. The quantitative estimate of drug-likeness (QED) is 0.828. The Kier molecular flexibility index (Phi) is 5.70. The average Bonchev–Trinajstić information content (AvgIpc) is 2.50. The van der Waals surface area contributed by atoms with E-state index in [-0.39, 0.29) is 23.2 Å². The fourth-order valence-electron chi connectivity index (χ4n) is 1.71. The summed E-state index contributed by atoms with van der Waals surface area (Å²) in [5, 5.41) is 5.30. The number of carbonyl (C=O) groups excluding carboxylic acids is 1. The first-order valence-electron chi connectivity index (χ1n) is 6.47. The number of anilines is 2. The summed E-state index contributed by atoms with van der Waals surface area (Å²) in [4.78, 5) is 11.8. The highest BCUT2D eigenvalue weighted by atomic mass is 35.5. The average molecular weight is 345 g/mol. The van der Waals surface area contributed by atoms with Crippen molar-refractivity contribution in [3.05, 3.63) is 53.3 Å². The Morgan fingerprint density at radius 2 is 1.78 bits per heavy atom. The second-order valence-electron chi connectivity index (χ2n) is 4.43. The largest absolute Gasteiger partial charge is 0.435 e. The summed E-state index contributed by atoms with van der Waals surface area (Å²) in [6.45, 7) is -2.97. The van der Waals surface area contributed by atoms with Gasteiger partial charge in [0.05, 0.1) is 11.6 Å². The molecule has 8 heteroatoms. The zero-order valence-corrected chi connectivity index (χ0v) is 12.4. The SMILES string of the molecule is O=C(CNc1ccc(F)c(Cl)c1)Nc1ccc(OC(F)F)cc1. The maximum Gasteiger partial charge on any atom is 0.387 e. The molecule has 0 heterocycles. The highest BCUT2D eigenvalue weighted by molar-refractivity contribution is 6.31. The molecule has 0 saturated carbocycles. The van der Waals surface area contributed by atoms with Crippen LogP contribution in [0.1, 0.15) is 0 Å². The van der Waals surface area contributed by atoms with E-state index in [0.717, 1.165) is 0 Å². The summed E-state index contributed by atoms with van der Waals surface area (Å²) < 4.78 is 41.2. The Labute approximate surface area is 135 Å². The smallest absolute Gasteiger partial charge is 0.387 e. The molecule has 0 aliphatic rings. The molecule has 0 saturated heterocycles. The standard InChI is InChI=1S/C15H12ClF3N2O2/c16-12-7-10(3-6-13(12)17)20-8-14(22)21-9-1-4-11(5-2-9)23-15(18)19/h1-7,15,20H,8H2,(H,21,22). The van der Waals surface area contributed by atoms with Crippen molar-refractivity contribution in [2.75, 3.05) is 17.2 Å². The van der Waals surface area contributed by atoms with Gasteiger partial charge in [0.2, 0.25) is 5.91 Å². The third kappa shape index (κ3) is 5.37. The molecule has 1 amide bonds. The number of hydrogen-bond acceptors (Lipinski definition) is 3. The van der Waals surface area contributed by atoms with Crippen molar-refractivity contribution in [2.45, 2.75) is 6.61 Å². The van der Waals surface area contributed by atoms with Crippen LogP contribution in [0.5, 0.6) is 5.75 Å². The molecule has 0 aliphatic carbocycles. The molecule has 2 aromatic carbocycles. The van der Waals surface area contributed by atoms with Gasteiger partial charge in [-0.3, -0.25) is 4.79 Å². The van der Waals surface area contributed by atoms with Crippen molar-refractivity contribution in [2.24, 2.45) is 0 Å². The summed E-state index contributed by atoms with van der Waals surface area (Å²) in [7, 11) is 0. The monoisotopic (exact) mass is 344 g/mol. The Hall–Kier alpha value is -2.41. The van der Waals surface area contributed by atoms with E-state index in [1.807, 2.05) is 0 Å². The van der Waals surface area contributed by atoms with Crippen LogP contribution < -0.4 is 15.4 Å². The molecule has 4 nitrogen and oxygen atoms in total. The Balaban J connectivity index is 1.85. The van der Waals surface area contributed by atoms with Gasteiger partial charge in [0, 0.05) is 11.4 Å². The number of amides is 1. The van der Waals surface area contributed by atoms with Crippen LogP contribution >= 0.6 is 11.6 Å². The number of alkyl halides is 2. The van der Waals surface area contributed by atoms with Crippen LogP contribution in [-0.4, -0.2) is 19.1 Å². The first-order valence-corrected chi connectivity index (χ1v) is 6.85. The number of benzene rings is 2. The summed E-state index contributed by atoms with van der Waals surface area (Å²) >= 11 is 5.63. The van der Waals surface area contributed by atoms with Crippen LogP contribution in [0.2, 0.25) is 5.02 Å². The van der Waals surface area contributed by atoms with Gasteiger partial charge in [-0.2, -0.15) is 8.78 Å². The van der Waals surface area contributed by atoms with E-state index < -0.39 is 12.4 Å². The van der Waals surface area contributed by atoms with Gasteiger partial charge in [0.25, 0.3) is 0 Å². The minimum absolute atomic E-state index is 0.00271. The number of rotatable bonds is 6. The van der Waals surface area contributed by atoms with Crippen molar-refractivity contribution in [1.82, 2.24) is 0 Å². The number of halogens is 4. The maximum atomic E-state index is 13.0. The second kappa shape index (κ2) is 7.73. The molecule has 0 aliphatic heterocycles. The van der Waals surface area contributed by atoms with Crippen LogP contribution in [0.25, 0.3) is 0 Å². The van der Waals surface area contributed by atoms with Crippen molar-refractivity contribution in [1.29, 1.82) is 0 Å². The molecule has 0 fully saturated rings. The first kappa shape index (κ1) is 17.0. The van der Waals surface area contributed by atoms with Gasteiger partial charge < -0.3 is 15.4 Å². The van der Waals surface area contributed by atoms with E-state index in [0.29, 0.717) is 11.4 Å². The molecular formula is C15H12ClF3N2O2. The predicted octanol–water partition coefficient (Wildman–Crippen LogP) is 4.13. The van der Waals surface area contributed by atoms with Gasteiger partial charge in [-0.15, -0.1) is 0 Å². The first-order chi connectivity index (χ1) is 10.9. The van der Waals surface area contributed by atoms with Crippen LogP contribution in [0.4, 0.5) is 24.5 Å². The normalized spacial score (nSPS) is 10.5. The molecule has 2 N–H and O–H groups in total. The molecular weight excluding hydrogens is 333 g/mol. The molecule has 122 valence electrons. The Morgan fingerprint density at radius 3 is 2.39 bits per heavy atom. The third-order valence-electron chi connectivity index (χ3n) is 2.74. The van der Waals surface area contributed by atoms with Gasteiger partial charge in [0.1, 0.15) is 11.6 Å². The maximum absolute atomic E-state index is 13.0. The minimum Gasteiger partial charge on any atom is -0.435 e. The molecule has 0 aromatic heterocycles. The summed E-state index contributed by atoms with van der Waals surface area (Å²) in [5.41, 5.74) is 0.919. The van der Waals surface area contributed by atoms with Gasteiger partial charge in [0.15, 0.2) is 0 Å². The molecule has 0 spiro atoms. The van der Waals surface area contributed by atoms with Crippen molar-refractivity contribution in [3.63, 3.8) is 0 Å². The van der Waals surface area contributed by atoms with E-state index in [1.54, 1.807) is 0 Å². The fraction of sp³-hybridized carbons (Fsp3) is 0.133. The van der Waals surface area contributed by atoms with Gasteiger partial charge in [-0.05, 0) is 42.5 Å². The van der Waals surface area contributed by atoms with Crippen molar-refractivity contribution in [3.8, 4) is 5.75 Å². The highest BCUT2D eigenvalue weighted by Crippen LogP contribution is 2.20. The molecule has 2 aromatic rings. The number of carbonyl (C=O) groups is 1. The van der Waals surface area contributed by atoms with Crippen LogP contribution in [0.3, 0.4) is 0 Å². The van der Waals surface area contributed by atoms with Crippen LogP contribution in [-0.2, 0) is 4.79 Å². The summed E-state index contributed by atoms with van der Waals surface area (Å²) in [5.74, 6) is -0.919. The number of ether oxygens (including phenoxy) is 1. The van der Waals surface area contributed by atoms with E-state index >= 15 is 0 Å². The van der Waals surface area contributed by atoms with E-state index in [4.69, 9.17) is 11.6 Å². The summed E-state index contributed by atoms with van der Waals surface area (Å²) in [6.07, 6.45) is 0. The van der Waals surface area contributed by atoms with Crippen LogP contribution in [0, 0.1) is 5.82 Å². The van der Waals surface area contributed by atoms with E-state index in [1.165, 1.54) is 42.5 Å². The molecule has 0 bridgehead atoms. The van der Waals surface area contributed by atoms with Crippen molar-refractivity contribution < 1.29 is 22.7 Å². The zero-order chi connectivity index (χ0) is 16.8. The van der Waals surface area contributed by atoms with E-state index in [9.17, 15) is 18.0 Å². The van der Waals surface area contributed by atoms with Crippen LogP contribution in [0.15, 0.2) is 42.5 Å². The molecule has 0 radical (unpaired) electrons. The van der Waals surface area contributed by atoms with Gasteiger partial charge >= 0.3 is 6.61 Å². The predicted molar refractivity (Wildman–Crippen MR) is 81.6 cm³/mol. The lowest BCUT2D eigenvalue weighted by Crippen LogP contribution is -2.21. The van der Waals surface area contributed by atoms with Crippen molar-refractivity contribution >= 4 is 28.9 Å². The topological polar surface area (TPSA) is 50.4 Å². The lowest BCUT2D eigenvalue weighted by Gasteiger charge is -2.09. The Morgan fingerprint density at radius 1 is 1.13 bits per heavy atom. The Bertz CT molecular complexity index is 681. The number of nitrogens with one attached hydrogen (secondary N) is 2. The van der Waals surface area contributed by atoms with Gasteiger partial charge in [-0.25, -0.2) is 4.39 Å². The summed E-state index contributed by atoms with van der Waals surface area (Å²) in [6, 6.07) is 9.49. The fourth-order valence-corrected chi connectivity index (χ4v) is 1.89. The van der Waals surface area contributed by atoms with Gasteiger partial charge in [-0.1, -0.05) is 11.6 Å². The minimum atomic E-state index is -2.90. The number of hydrogen-bond donors (Lipinski definition) is 2. The lowest BCUT2D eigenvalue weighted by atomic mass is 10.3. The lowest BCUT2D eigenvalue weighted by molar-refractivity contribution is -0.114. The highest BCUT2D eigenvalue weighted by Gasteiger charge is 2.06. The molecule has 0 atom stereocenters. The second-order valence-corrected chi connectivity index (χ2v) is 4.84. The van der Waals surface area contributed by atoms with E-state index in [2.05, 4.69) is 15.4 Å². The zero-order valence-electron chi connectivity index (χ0n) is 11.7.